The second-order valence-electron chi connectivity index (χ2n) is 6.18. The van der Waals surface area contributed by atoms with E-state index in [0.29, 0.717) is 12.4 Å². The Balaban J connectivity index is 1.88. The fourth-order valence-corrected chi connectivity index (χ4v) is 3.65. The predicted octanol–water partition coefficient (Wildman–Crippen LogP) is 1.60. The number of nitrogens with zero attached hydrogens (tertiary/aromatic N) is 1. The highest BCUT2D eigenvalue weighted by molar-refractivity contribution is 8.03. The zero-order chi connectivity index (χ0) is 14.6. The van der Waals surface area contributed by atoms with Crippen molar-refractivity contribution < 1.29 is 23.7 Å². The highest BCUT2D eigenvalue weighted by Crippen LogP contribution is 2.48. The Bertz CT molecular complexity index is 449. The van der Waals surface area contributed by atoms with Gasteiger partial charge in [0.25, 0.3) is 0 Å². The molecule has 0 aliphatic carbocycles. The minimum atomic E-state index is -0.950. The molecule has 3 saturated heterocycles. The lowest BCUT2D eigenvalue weighted by atomic mass is 9.98. The molecule has 0 aromatic rings. The van der Waals surface area contributed by atoms with Gasteiger partial charge in [-0.2, -0.15) is 5.26 Å². The molecule has 3 aliphatic heterocycles. The molecule has 7 heteroatoms. The molecule has 0 aromatic heterocycles. The average Bonchev–Trinajstić information content (AvgIpc) is 2.78. The van der Waals surface area contributed by atoms with Gasteiger partial charge in [0.1, 0.15) is 23.7 Å². The van der Waals surface area contributed by atoms with E-state index in [1.54, 1.807) is 0 Å². The average molecular weight is 301 g/mol. The largest absolute Gasteiger partial charge is 0.344 e. The Hall–Kier alpha value is -0.360. The van der Waals surface area contributed by atoms with E-state index in [2.05, 4.69) is 5.40 Å². The molecule has 0 N–H and O–H groups in total. The van der Waals surface area contributed by atoms with Crippen LogP contribution in [0.25, 0.3) is 0 Å². The Labute approximate surface area is 122 Å². The van der Waals surface area contributed by atoms with Gasteiger partial charge in [-0.05, 0) is 39.5 Å². The summed E-state index contributed by atoms with van der Waals surface area (Å²) in [6.07, 6.45) is -0.827. The molecule has 3 aliphatic rings. The smallest absolute Gasteiger partial charge is 0.210 e. The Morgan fingerprint density at radius 2 is 1.90 bits per heavy atom. The molecule has 3 fully saturated rings. The number of rotatable bonds is 2. The van der Waals surface area contributed by atoms with Crippen LogP contribution in [0, 0.1) is 10.7 Å². The summed E-state index contributed by atoms with van der Waals surface area (Å²) in [7, 11) is 0. The summed E-state index contributed by atoms with van der Waals surface area (Å²) in [5, 5.41) is 10.9. The van der Waals surface area contributed by atoms with E-state index in [1.807, 2.05) is 27.7 Å². The lowest BCUT2D eigenvalue weighted by Crippen LogP contribution is -2.59. The fourth-order valence-electron chi connectivity index (χ4n) is 3.08. The summed E-state index contributed by atoms with van der Waals surface area (Å²) in [6, 6.07) is 0. The van der Waals surface area contributed by atoms with E-state index < -0.39 is 23.5 Å². The van der Waals surface area contributed by atoms with Gasteiger partial charge in [0.05, 0.1) is 12.4 Å². The van der Waals surface area contributed by atoms with Crippen molar-refractivity contribution in [3.63, 3.8) is 0 Å². The Morgan fingerprint density at radius 3 is 2.60 bits per heavy atom. The Morgan fingerprint density at radius 1 is 1.15 bits per heavy atom. The maximum Gasteiger partial charge on any atom is 0.210 e. The van der Waals surface area contributed by atoms with Crippen molar-refractivity contribution in [1.82, 2.24) is 0 Å². The molecule has 0 aromatic carbocycles. The lowest BCUT2D eigenvalue weighted by molar-refractivity contribution is -0.267. The highest BCUT2D eigenvalue weighted by atomic mass is 32.2. The van der Waals surface area contributed by atoms with Crippen molar-refractivity contribution in [3.8, 4) is 5.40 Å². The first-order valence-electron chi connectivity index (χ1n) is 6.65. The predicted molar refractivity (Wildman–Crippen MR) is 70.6 cm³/mol. The third kappa shape index (κ3) is 2.34. The van der Waals surface area contributed by atoms with Crippen molar-refractivity contribution in [1.29, 1.82) is 5.26 Å². The number of nitriles is 1. The first kappa shape index (κ1) is 14.6. The summed E-state index contributed by atoms with van der Waals surface area (Å²) in [6.45, 7) is 7.79. The van der Waals surface area contributed by atoms with Crippen LogP contribution in [0.2, 0.25) is 0 Å². The van der Waals surface area contributed by atoms with Crippen molar-refractivity contribution in [2.45, 2.75) is 63.4 Å². The van der Waals surface area contributed by atoms with Crippen LogP contribution in [0.4, 0.5) is 0 Å². The summed E-state index contributed by atoms with van der Waals surface area (Å²) in [5.74, 6) is -2.00. The maximum absolute atomic E-state index is 8.82. The zero-order valence-corrected chi connectivity index (χ0v) is 12.9. The SMILES string of the molecule is CC1(C)O[C@@H]2[C@@H](CO[C@@]3(CSC#N)OC(C)(C)O[C@@H]23)O1. The standard InChI is InChI=1S/C13H19NO5S/c1-11(2)16-8-5-15-13(6-20-7-14)10(9(8)17-11)18-12(3,4)19-13/h8-10H,5-6H2,1-4H3/t8-,9-,10+,13+/m1/s1. The molecule has 0 bridgehead atoms. The molecule has 0 saturated carbocycles. The van der Waals surface area contributed by atoms with Gasteiger partial charge < -0.3 is 23.7 Å². The second-order valence-corrected chi connectivity index (χ2v) is 6.94. The van der Waals surface area contributed by atoms with Gasteiger partial charge in [-0.3, -0.25) is 0 Å². The zero-order valence-electron chi connectivity index (χ0n) is 12.0. The van der Waals surface area contributed by atoms with Crippen LogP contribution in [0.5, 0.6) is 0 Å². The number of ether oxygens (including phenoxy) is 5. The molecule has 3 rings (SSSR count). The molecule has 6 nitrogen and oxygen atoms in total. The van der Waals surface area contributed by atoms with E-state index >= 15 is 0 Å². The normalized spacial score (nSPS) is 44.6. The van der Waals surface area contributed by atoms with Crippen LogP contribution in [0.3, 0.4) is 0 Å². The summed E-state index contributed by atoms with van der Waals surface area (Å²) < 4.78 is 29.7. The molecule has 0 amide bonds. The van der Waals surface area contributed by atoms with E-state index in [1.165, 1.54) is 0 Å². The summed E-state index contributed by atoms with van der Waals surface area (Å²) in [5.41, 5.74) is 0. The van der Waals surface area contributed by atoms with Crippen LogP contribution in [0.1, 0.15) is 27.7 Å². The van der Waals surface area contributed by atoms with Crippen LogP contribution in [-0.4, -0.2) is 48.0 Å². The van der Waals surface area contributed by atoms with Crippen LogP contribution < -0.4 is 0 Å². The third-order valence-electron chi connectivity index (χ3n) is 3.61. The number of hydrogen-bond donors (Lipinski definition) is 0. The maximum atomic E-state index is 8.82. The topological polar surface area (TPSA) is 69.9 Å². The van der Waals surface area contributed by atoms with Gasteiger partial charge in [0.2, 0.25) is 5.79 Å². The van der Waals surface area contributed by atoms with Gasteiger partial charge in [-0.25, -0.2) is 0 Å². The van der Waals surface area contributed by atoms with Crippen molar-refractivity contribution >= 4 is 11.8 Å². The van der Waals surface area contributed by atoms with Gasteiger partial charge in [0.15, 0.2) is 11.6 Å². The number of thiocyanates is 1. The minimum Gasteiger partial charge on any atom is -0.344 e. The van der Waals surface area contributed by atoms with Gasteiger partial charge in [0, 0.05) is 0 Å². The Kier molecular flexibility index (Phi) is 3.33. The van der Waals surface area contributed by atoms with Crippen LogP contribution in [-0.2, 0) is 23.7 Å². The molecule has 3 heterocycles. The van der Waals surface area contributed by atoms with Crippen molar-refractivity contribution in [3.05, 3.63) is 0 Å². The molecule has 0 spiro atoms. The van der Waals surface area contributed by atoms with Crippen molar-refractivity contribution in [2.75, 3.05) is 12.4 Å². The van der Waals surface area contributed by atoms with Gasteiger partial charge in [-0.1, -0.05) is 0 Å². The molecule has 0 unspecified atom stereocenters. The lowest BCUT2D eigenvalue weighted by Gasteiger charge is -2.40. The number of fused-ring (bicyclic) bond motifs is 3. The first-order chi connectivity index (χ1) is 9.27. The van der Waals surface area contributed by atoms with Crippen LogP contribution >= 0.6 is 11.8 Å². The molecule has 112 valence electrons. The molecular weight excluding hydrogens is 282 g/mol. The second kappa shape index (κ2) is 4.57. The van der Waals surface area contributed by atoms with Crippen LogP contribution in [0.15, 0.2) is 0 Å². The first-order valence-corrected chi connectivity index (χ1v) is 7.64. The van der Waals surface area contributed by atoms with E-state index in [4.69, 9.17) is 28.9 Å². The number of hydrogen-bond acceptors (Lipinski definition) is 7. The third-order valence-corrected chi connectivity index (χ3v) is 4.29. The quantitative estimate of drug-likeness (QED) is 0.717. The van der Waals surface area contributed by atoms with Crippen molar-refractivity contribution in [2.24, 2.45) is 0 Å². The number of thioether (sulfide) groups is 1. The monoisotopic (exact) mass is 301 g/mol. The molecule has 0 radical (unpaired) electrons. The van der Waals surface area contributed by atoms with E-state index in [9.17, 15) is 0 Å². The fraction of sp³-hybridized carbons (Fsp3) is 0.923. The van der Waals surface area contributed by atoms with Gasteiger partial charge in [-0.15, -0.1) is 0 Å². The molecule has 4 atom stereocenters. The minimum absolute atomic E-state index is 0.173. The van der Waals surface area contributed by atoms with Gasteiger partial charge >= 0.3 is 0 Å². The van der Waals surface area contributed by atoms with E-state index in [-0.39, 0.29) is 12.2 Å². The molecule has 20 heavy (non-hydrogen) atoms. The van der Waals surface area contributed by atoms with E-state index in [0.717, 1.165) is 11.8 Å². The molecular formula is C13H19NO5S. The summed E-state index contributed by atoms with van der Waals surface area (Å²) >= 11 is 1.10. The summed E-state index contributed by atoms with van der Waals surface area (Å²) in [4.78, 5) is 0. The highest BCUT2D eigenvalue weighted by Gasteiger charge is 2.65.